The van der Waals surface area contributed by atoms with E-state index in [0.29, 0.717) is 5.75 Å². The predicted molar refractivity (Wildman–Crippen MR) is 110 cm³/mol. The first kappa shape index (κ1) is 18.3. The highest BCUT2D eigenvalue weighted by molar-refractivity contribution is 7.92. The third-order valence-electron chi connectivity index (χ3n) is 4.86. The standard InChI is InChI=1S/C21H21N3O3S/c1-15-13-18(8-9-20(15)27-2)28(25,26)23-21-10-7-17(14-22-21)24-12-11-16-5-3-4-6-19(16)24/h3-10,13-14H,11-12H2,1-2H3,(H,22,23). The van der Waals surface area contributed by atoms with E-state index in [4.69, 9.17) is 4.74 Å². The minimum atomic E-state index is -3.72. The smallest absolute Gasteiger partial charge is 0.263 e. The molecule has 1 aliphatic heterocycles. The van der Waals surface area contributed by atoms with Crippen molar-refractivity contribution in [3.8, 4) is 5.75 Å². The molecule has 1 N–H and O–H groups in total. The van der Waals surface area contributed by atoms with E-state index >= 15 is 0 Å². The number of hydrogen-bond donors (Lipinski definition) is 1. The zero-order valence-corrected chi connectivity index (χ0v) is 16.5. The summed E-state index contributed by atoms with van der Waals surface area (Å²) in [7, 11) is -2.17. The molecular weight excluding hydrogens is 374 g/mol. The number of sulfonamides is 1. The van der Waals surface area contributed by atoms with Gasteiger partial charge in [-0.2, -0.15) is 0 Å². The van der Waals surface area contributed by atoms with E-state index in [1.807, 2.05) is 18.2 Å². The molecule has 0 unspecified atom stereocenters. The maximum Gasteiger partial charge on any atom is 0.263 e. The molecule has 3 aromatic rings. The molecule has 0 radical (unpaired) electrons. The van der Waals surface area contributed by atoms with Gasteiger partial charge in [0.1, 0.15) is 11.6 Å². The Kier molecular flexibility index (Phi) is 4.68. The number of benzene rings is 2. The molecule has 0 aliphatic carbocycles. The summed E-state index contributed by atoms with van der Waals surface area (Å²) in [5.74, 6) is 0.928. The van der Waals surface area contributed by atoms with Crippen molar-refractivity contribution in [2.24, 2.45) is 0 Å². The molecule has 0 spiro atoms. The highest BCUT2D eigenvalue weighted by Crippen LogP contribution is 2.34. The number of hydrogen-bond acceptors (Lipinski definition) is 5. The largest absolute Gasteiger partial charge is 0.496 e. The second-order valence-corrected chi connectivity index (χ2v) is 8.35. The second-order valence-electron chi connectivity index (χ2n) is 6.67. The molecule has 144 valence electrons. The van der Waals surface area contributed by atoms with Crippen LogP contribution in [-0.2, 0) is 16.4 Å². The average molecular weight is 395 g/mol. The van der Waals surface area contributed by atoms with Crippen LogP contribution in [0.25, 0.3) is 0 Å². The van der Waals surface area contributed by atoms with Crippen LogP contribution in [0.15, 0.2) is 65.7 Å². The van der Waals surface area contributed by atoms with Crippen molar-refractivity contribution < 1.29 is 13.2 Å². The monoisotopic (exact) mass is 395 g/mol. The average Bonchev–Trinajstić information content (AvgIpc) is 3.12. The molecule has 1 aliphatic rings. The molecule has 0 amide bonds. The van der Waals surface area contributed by atoms with Crippen molar-refractivity contribution in [2.45, 2.75) is 18.2 Å². The van der Waals surface area contributed by atoms with Crippen LogP contribution >= 0.6 is 0 Å². The fourth-order valence-electron chi connectivity index (χ4n) is 3.43. The van der Waals surface area contributed by atoms with Gasteiger partial charge in [-0.3, -0.25) is 4.72 Å². The van der Waals surface area contributed by atoms with Gasteiger partial charge in [-0.05, 0) is 60.9 Å². The molecule has 0 saturated heterocycles. The highest BCUT2D eigenvalue weighted by Gasteiger charge is 2.21. The number of aromatic nitrogens is 1. The van der Waals surface area contributed by atoms with E-state index in [-0.39, 0.29) is 10.7 Å². The summed E-state index contributed by atoms with van der Waals surface area (Å²) >= 11 is 0. The van der Waals surface area contributed by atoms with Gasteiger partial charge in [0.25, 0.3) is 10.0 Å². The number of nitrogens with one attached hydrogen (secondary N) is 1. The minimum Gasteiger partial charge on any atom is -0.496 e. The van der Waals surface area contributed by atoms with Gasteiger partial charge in [0.2, 0.25) is 0 Å². The molecule has 6 nitrogen and oxygen atoms in total. The SMILES string of the molecule is COc1ccc(S(=O)(=O)Nc2ccc(N3CCc4ccccc43)cn2)cc1C. The van der Waals surface area contributed by atoms with E-state index < -0.39 is 10.0 Å². The fourth-order valence-corrected chi connectivity index (χ4v) is 4.52. The number of fused-ring (bicyclic) bond motifs is 1. The molecule has 2 aromatic carbocycles. The third-order valence-corrected chi connectivity index (χ3v) is 6.21. The lowest BCUT2D eigenvalue weighted by Crippen LogP contribution is -2.16. The quantitative estimate of drug-likeness (QED) is 0.710. The molecule has 2 heterocycles. The van der Waals surface area contributed by atoms with Gasteiger partial charge in [-0.25, -0.2) is 13.4 Å². The van der Waals surface area contributed by atoms with Crippen molar-refractivity contribution in [1.29, 1.82) is 0 Å². The summed E-state index contributed by atoms with van der Waals surface area (Å²) in [6.07, 6.45) is 2.68. The van der Waals surface area contributed by atoms with Gasteiger partial charge in [-0.1, -0.05) is 18.2 Å². The van der Waals surface area contributed by atoms with Crippen LogP contribution in [0.2, 0.25) is 0 Å². The normalized spacial score (nSPS) is 13.3. The van der Waals surface area contributed by atoms with Crippen LogP contribution in [-0.4, -0.2) is 27.1 Å². The Morgan fingerprint density at radius 2 is 1.93 bits per heavy atom. The lowest BCUT2D eigenvalue weighted by molar-refractivity contribution is 0.411. The van der Waals surface area contributed by atoms with E-state index in [1.54, 1.807) is 38.4 Å². The lowest BCUT2D eigenvalue weighted by Gasteiger charge is -2.19. The first-order valence-corrected chi connectivity index (χ1v) is 10.5. The summed E-state index contributed by atoms with van der Waals surface area (Å²) < 4.78 is 33.0. The van der Waals surface area contributed by atoms with Crippen LogP contribution in [0.3, 0.4) is 0 Å². The maximum atomic E-state index is 12.7. The van der Waals surface area contributed by atoms with Gasteiger partial charge >= 0.3 is 0 Å². The zero-order valence-electron chi connectivity index (χ0n) is 15.7. The van der Waals surface area contributed by atoms with Crippen LogP contribution in [0.1, 0.15) is 11.1 Å². The molecule has 28 heavy (non-hydrogen) atoms. The highest BCUT2D eigenvalue weighted by atomic mass is 32.2. The summed E-state index contributed by atoms with van der Waals surface area (Å²) in [5.41, 5.74) is 4.17. The van der Waals surface area contributed by atoms with E-state index in [1.165, 1.54) is 17.3 Å². The van der Waals surface area contributed by atoms with Crippen LogP contribution < -0.4 is 14.4 Å². The number of rotatable bonds is 5. The Morgan fingerprint density at radius 1 is 1.11 bits per heavy atom. The first-order valence-electron chi connectivity index (χ1n) is 8.97. The summed E-state index contributed by atoms with van der Waals surface area (Å²) in [6, 6.07) is 16.6. The van der Waals surface area contributed by atoms with Crippen molar-refractivity contribution in [2.75, 3.05) is 23.3 Å². The van der Waals surface area contributed by atoms with Crippen LogP contribution in [0.5, 0.6) is 5.75 Å². The molecule has 7 heteroatoms. The Bertz CT molecular complexity index is 1110. The molecule has 0 fully saturated rings. The lowest BCUT2D eigenvalue weighted by atomic mass is 10.2. The van der Waals surface area contributed by atoms with E-state index in [0.717, 1.165) is 24.2 Å². The topological polar surface area (TPSA) is 71.5 Å². The van der Waals surface area contributed by atoms with Gasteiger partial charge in [0, 0.05) is 12.2 Å². The molecule has 0 bridgehead atoms. The molecular formula is C21H21N3O3S. The third kappa shape index (κ3) is 3.41. The van der Waals surface area contributed by atoms with Crippen LogP contribution in [0.4, 0.5) is 17.2 Å². The van der Waals surface area contributed by atoms with Gasteiger partial charge < -0.3 is 9.64 Å². The van der Waals surface area contributed by atoms with Crippen molar-refractivity contribution in [3.63, 3.8) is 0 Å². The van der Waals surface area contributed by atoms with Crippen molar-refractivity contribution in [1.82, 2.24) is 4.98 Å². The zero-order chi connectivity index (χ0) is 19.7. The molecule has 4 rings (SSSR count). The number of methoxy groups -OCH3 is 1. The predicted octanol–water partition coefficient (Wildman–Crippen LogP) is 3.89. The Labute approximate surface area is 164 Å². The second kappa shape index (κ2) is 7.16. The van der Waals surface area contributed by atoms with Gasteiger partial charge in [-0.15, -0.1) is 0 Å². The van der Waals surface area contributed by atoms with E-state index in [2.05, 4.69) is 26.7 Å². The maximum absolute atomic E-state index is 12.7. The molecule has 1 aromatic heterocycles. The van der Waals surface area contributed by atoms with Crippen molar-refractivity contribution in [3.05, 3.63) is 71.9 Å². The molecule has 0 saturated carbocycles. The molecule has 0 atom stereocenters. The minimum absolute atomic E-state index is 0.171. The number of aryl methyl sites for hydroxylation is 1. The fraction of sp³-hybridized carbons (Fsp3) is 0.190. The Hall–Kier alpha value is -3.06. The van der Waals surface area contributed by atoms with E-state index in [9.17, 15) is 8.42 Å². The summed E-state index contributed by atoms with van der Waals surface area (Å²) in [5, 5.41) is 0. The number of pyridine rings is 1. The Balaban J connectivity index is 1.54. The Morgan fingerprint density at radius 3 is 2.64 bits per heavy atom. The summed E-state index contributed by atoms with van der Waals surface area (Å²) in [6.45, 7) is 2.69. The first-order chi connectivity index (χ1) is 13.5. The van der Waals surface area contributed by atoms with Crippen molar-refractivity contribution >= 4 is 27.2 Å². The number of ether oxygens (including phenoxy) is 1. The van der Waals surface area contributed by atoms with Crippen LogP contribution in [0, 0.1) is 6.92 Å². The number of anilines is 3. The summed E-state index contributed by atoms with van der Waals surface area (Å²) in [4.78, 5) is 6.67. The number of nitrogens with zero attached hydrogens (tertiary/aromatic N) is 2. The van der Waals surface area contributed by atoms with Gasteiger partial charge in [0.15, 0.2) is 0 Å². The number of para-hydroxylation sites is 1. The van der Waals surface area contributed by atoms with Gasteiger partial charge in [0.05, 0.1) is 23.9 Å².